The first-order valence-electron chi connectivity index (χ1n) is 4.94. The summed E-state index contributed by atoms with van der Waals surface area (Å²) in [5, 5.41) is 12.4. The quantitative estimate of drug-likeness (QED) is 0.870. The highest BCUT2D eigenvalue weighted by atomic mass is 19.3. The van der Waals surface area contributed by atoms with Gasteiger partial charge in [0.1, 0.15) is 12.7 Å². The predicted octanol–water partition coefficient (Wildman–Crippen LogP) is 1.14. The molecule has 0 aromatic carbocycles. The van der Waals surface area contributed by atoms with Crippen LogP contribution in [0.5, 0.6) is 0 Å². The van der Waals surface area contributed by atoms with Crippen molar-refractivity contribution in [2.75, 3.05) is 6.61 Å². The number of aliphatic hydroxyl groups excluding tert-OH is 1. The van der Waals surface area contributed by atoms with Gasteiger partial charge in [-0.25, -0.2) is 23.4 Å². The predicted molar refractivity (Wildman–Crippen MR) is 54.8 cm³/mol. The summed E-state index contributed by atoms with van der Waals surface area (Å²) in [4.78, 5) is 7.60. The van der Waals surface area contributed by atoms with Crippen LogP contribution < -0.4 is 0 Å². The third-order valence-electron chi connectivity index (χ3n) is 2.25. The number of alkyl halides is 2. The molecule has 0 unspecified atom stereocenters. The van der Waals surface area contributed by atoms with Gasteiger partial charge < -0.3 is 5.11 Å². The lowest BCUT2D eigenvalue weighted by atomic mass is 10.1. The molecular weight excluding hydrogens is 230 g/mol. The molecular formula is C10H10F2N4O. The third kappa shape index (κ3) is 2.44. The average Bonchev–Trinajstić information content (AvgIpc) is 2.82. The van der Waals surface area contributed by atoms with Gasteiger partial charge in [0.2, 0.25) is 0 Å². The minimum atomic E-state index is -3.07. The minimum absolute atomic E-state index is 0.226. The van der Waals surface area contributed by atoms with E-state index in [9.17, 15) is 8.78 Å². The normalized spacial score (nSPS) is 11.7. The molecule has 17 heavy (non-hydrogen) atoms. The highest BCUT2D eigenvalue weighted by Crippen LogP contribution is 2.30. The highest BCUT2D eigenvalue weighted by molar-refractivity contribution is 5.26. The summed E-state index contributed by atoms with van der Waals surface area (Å²) in [5.41, 5.74) is -0.226. The first-order chi connectivity index (χ1) is 8.13. The summed E-state index contributed by atoms with van der Waals surface area (Å²) in [6.07, 6.45) is 3.22. The summed E-state index contributed by atoms with van der Waals surface area (Å²) in [6, 6.07) is 2.69. The van der Waals surface area contributed by atoms with Crippen LogP contribution in [-0.2, 0) is 5.92 Å². The summed E-state index contributed by atoms with van der Waals surface area (Å²) < 4.78 is 28.2. The molecule has 0 bridgehead atoms. The Balaban J connectivity index is 2.24. The van der Waals surface area contributed by atoms with E-state index in [1.54, 1.807) is 0 Å². The monoisotopic (exact) mass is 240 g/mol. The zero-order chi connectivity index (χ0) is 12.3. The van der Waals surface area contributed by atoms with Gasteiger partial charge in [0, 0.05) is 24.8 Å². The average molecular weight is 240 g/mol. The fourth-order valence-electron chi connectivity index (χ4n) is 1.35. The second-order valence-corrected chi connectivity index (χ2v) is 3.42. The Kier molecular flexibility index (Phi) is 3.10. The molecule has 2 heterocycles. The molecule has 0 saturated heterocycles. The van der Waals surface area contributed by atoms with Crippen molar-refractivity contribution in [1.82, 2.24) is 19.7 Å². The van der Waals surface area contributed by atoms with Crippen LogP contribution in [0.4, 0.5) is 8.78 Å². The Morgan fingerprint density at radius 1 is 1.35 bits per heavy atom. The largest absolute Gasteiger partial charge is 0.396 e. The highest BCUT2D eigenvalue weighted by Gasteiger charge is 2.31. The Morgan fingerprint density at radius 3 is 2.71 bits per heavy atom. The van der Waals surface area contributed by atoms with E-state index in [1.165, 1.54) is 29.5 Å². The molecule has 0 amide bonds. The minimum Gasteiger partial charge on any atom is -0.396 e. The molecule has 0 saturated carbocycles. The Hall–Kier alpha value is -1.89. The second-order valence-electron chi connectivity index (χ2n) is 3.42. The van der Waals surface area contributed by atoms with Crippen molar-refractivity contribution in [3.05, 3.63) is 36.5 Å². The zero-order valence-corrected chi connectivity index (χ0v) is 8.79. The van der Waals surface area contributed by atoms with Crippen LogP contribution in [0.25, 0.3) is 5.82 Å². The molecule has 1 N–H and O–H groups in total. The van der Waals surface area contributed by atoms with Crippen LogP contribution >= 0.6 is 0 Å². The van der Waals surface area contributed by atoms with E-state index in [4.69, 9.17) is 5.11 Å². The molecule has 7 heteroatoms. The lowest BCUT2D eigenvalue weighted by Crippen LogP contribution is -2.15. The molecule has 0 aliphatic rings. The van der Waals surface area contributed by atoms with Crippen molar-refractivity contribution in [2.45, 2.75) is 12.3 Å². The van der Waals surface area contributed by atoms with Gasteiger partial charge in [-0.15, -0.1) is 0 Å². The molecule has 0 aliphatic heterocycles. The first kappa shape index (κ1) is 11.6. The van der Waals surface area contributed by atoms with Crippen molar-refractivity contribution >= 4 is 0 Å². The molecule has 0 atom stereocenters. The smallest absolute Gasteiger partial charge is 0.276 e. The number of hydrogen-bond donors (Lipinski definition) is 1. The van der Waals surface area contributed by atoms with Gasteiger partial charge in [0.05, 0.1) is 0 Å². The summed E-state index contributed by atoms with van der Waals surface area (Å²) >= 11 is 0. The van der Waals surface area contributed by atoms with Gasteiger partial charge in [-0.2, -0.15) is 5.10 Å². The van der Waals surface area contributed by atoms with E-state index in [0.29, 0.717) is 5.82 Å². The van der Waals surface area contributed by atoms with Crippen LogP contribution in [0.1, 0.15) is 12.0 Å². The van der Waals surface area contributed by atoms with Gasteiger partial charge in [0.15, 0.2) is 5.82 Å². The Bertz CT molecular complexity index is 470. The van der Waals surface area contributed by atoms with Crippen molar-refractivity contribution in [3.8, 4) is 5.82 Å². The summed E-state index contributed by atoms with van der Waals surface area (Å²) in [5.74, 6) is -2.66. The van der Waals surface area contributed by atoms with Gasteiger partial charge in [0.25, 0.3) is 5.92 Å². The second kappa shape index (κ2) is 4.54. The molecule has 2 rings (SSSR count). The van der Waals surface area contributed by atoms with Gasteiger partial charge >= 0.3 is 0 Å². The molecule has 0 aliphatic carbocycles. The van der Waals surface area contributed by atoms with Crippen molar-refractivity contribution in [2.24, 2.45) is 0 Å². The maximum absolute atomic E-state index is 13.4. The number of halogens is 2. The maximum Gasteiger partial charge on any atom is 0.276 e. The van der Waals surface area contributed by atoms with E-state index < -0.39 is 19.0 Å². The maximum atomic E-state index is 13.4. The molecule has 90 valence electrons. The van der Waals surface area contributed by atoms with Crippen LogP contribution in [0.3, 0.4) is 0 Å². The number of rotatable bonds is 4. The fourth-order valence-corrected chi connectivity index (χ4v) is 1.35. The van der Waals surface area contributed by atoms with Gasteiger partial charge in [-0.05, 0) is 12.1 Å². The van der Waals surface area contributed by atoms with Crippen LogP contribution in [0, 0.1) is 0 Å². The Morgan fingerprint density at radius 2 is 2.18 bits per heavy atom. The Labute approximate surface area is 95.8 Å². The molecule has 2 aromatic rings. The van der Waals surface area contributed by atoms with E-state index in [-0.39, 0.29) is 5.56 Å². The van der Waals surface area contributed by atoms with Gasteiger partial charge in [-0.1, -0.05) is 0 Å². The van der Waals surface area contributed by atoms with Crippen LogP contribution in [0.2, 0.25) is 0 Å². The van der Waals surface area contributed by atoms with Crippen LogP contribution in [0.15, 0.2) is 31.0 Å². The van der Waals surface area contributed by atoms with Crippen molar-refractivity contribution in [1.29, 1.82) is 0 Å². The fraction of sp³-hybridized carbons (Fsp3) is 0.300. The van der Waals surface area contributed by atoms with Gasteiger partial charge in [-0.3, -0.25) is 0 Å². The zero-order valence-electron chi connectivity index (χ0n) is 8.79. The number of hydrogen-bond acceptors (Lipinski definition) is 4. The van der Waals surface area contributed by atoms with E-state index in [0.717, 1.165) is 6.20 Å². The van der Waals surface area contributed by atoms with E-state index in [2.05, 4.69) is 15.1 Å². The summed E-state index contributed by atoms with van der Waals surface area (Å²) in [7, 11) is 0. The number of pyridine rings is 1. The molecule has 0 spiro atoms. The number of aliphatic hydroxyl groups is 1. The van der Waals surface area contributed by atoms with Crippen molar-refractivity contribution < 1.29 is 13.9 Å². The van der Waals surface area contributed by atoms with E-state index >= 15 is 0 Å². The number of nitrogens with zero attached hydrogens (tertiary/aromatic N) is 4. The van der Waals surface area contributed by atoms with E-state index in [1.807, 2.05) is 0 Å². The summed E-state index contributed by atoms with van der Waals surface area (Å²) in [6.45, 7) is -0.572. The number of aromatic nitrogens is 4. The molecule has 2 aromatic heterocycles. The van der Waals surface area contributed by atoms with Crippen molar-refractivity contribution in [3.63, 3.8) is 0 Å². The lowest BCUT2D eigenvalue weighted by Gasteiger charge is -2.14. The standard InChI is InChI=1S/C10H10F2N4O/c11-10(12,3-4-17)8-1-2-9(14-5-8)16-7-13-6-15-16/h1-2,5-7,17H,3-4H2. The third-order valence-corrected chi connectivity index (χ3v) is 2.25. The van der Waals surface area contributed by atoms with Crippen LogP contribution in [-0.4, -0.2) is 31.5 Å². The molecule has 0 fully saturated rings. The first-order valence-corrected chi connectivity index (χ1v) is 4.94. The lowest BCUT2D eigenvalue weighted by molar-refractivity contribution is -0.0272. The topological polar surface area (TPSA) is 63.8 Å². The molecule has 0 radical (unpaired) electrons. The SMILES string of the molecule is OCCC(F)(F)c1ccc(-n2cncn2)nc1. The molecule has 5 nitrogen and oxygen atoms in total.